The van der Waals surface area contributed by atoms with Gasteiger partial charge in [0.1, 0.15) is 6.10 Å². The molecule has 0 aromatic heterocycles. The zero-order valence-corrected chi connectivity index (χ0v) is 10.4. The van der Waals surface area contributed by atoms with E-state index in [2.05, 4.69) is 0 Å². The predicted molar refractivity (Wildman–Crippen MR) is 67.3 cm³/mol. The third-order valence-electron chi connectivity index (χ3n) is 2.84. The lowest BCUT2D eigenvalue weighted by Crippen LogP contribution is -2.51. The first kappa shape index (κ1) is 12.4. The maximum atomic E-state index is 12.1. The highest BCUT2D eigenvalue weighted by Gasteiger charge is 2.30. The number of carbonyl (C=O) groups excluding carboxylic acids is 1. The number of morpholine rings is 1. The molecule has 0 aliphatic carbocycles. The van der Waals surface area contributed by atoms with Crippen molar-refractivity contribution in [1.82, 2.24) is 0 Å². The Balaban J connectivity index is 2.29. The smallest absolute Gasteiger partial charge is 0.257 e. The van der Waals surface area contributed by atoms with Crippen LogP contribution in [0.25, 0.3) is 0 Å². The molecule has 1 atom stereocenters. The lowest BCUT2D eigenvalue weighted by Gasteiger charge is -2.32. The van der Waals surface area contributed by atoms with Gasteiger partial charge in [0.25, 0.3) is 5.91 Å². The van der Waals surface area contributed by atoms with Gasteiger partial charge >= 0.3 is 0 Å². The number of anilines is 1. The Morgan fingerprint density at radius 3 is 3.00 bits per heavy atom. The van der Waals surface area contributed by atoms with E-state index < -0.39 is 6.10 Å². The molecule has 0 radical (unpaired) electrons. The predicted octanol–water partition coefficient (Wildman–Crippen LogP) is 1.34. The molecule has 0 saturated carbocycles. The molecule has 1 unspecified atom stereocenters. The minimum atomic E-state index is -0.529. The van der Waals surface area contributed by atoms with Crippen molar-refractivity contribution >= 4 is 23.2 Å². The summed E-state index contributed by atoms with van der Waals surface area (Å²) in [5, 5.41) is 0.669. The number of hydrogen-bond acceptors (Lipinski definition) is 3. The molecular weight excluding hydrogens is 240 g/mol. The standard InChI is InChI=1S/C12H15ClN2O2/c1-8-6-9(13)2-3-10(8)15-4-5-17-11(7-14)12(15)16/h2-3,6,11H,4-5,7,14H2,1H3. The largest absolute Gasteiger partial charge is 0.365 e. The van der Waals surface area contributed by atoms with Crippen LogP contribution in [0, 0.1) is 6.92 Å². The van der Waals surface area contributed by atoms with Crippen LogP contribution in [-0.2, 0) is 9.53 Å². The first-order valence-corrected chi connectivity index (χ1v) is 5.90. The number of amides is 1. The van der Waals surface area contributed by atoms with Gasteiger partial charge in [-0.2, -0.15) is 0 Å². The van der Waals surface area contributed by atoms with E-state index in [-0.39, 0.29) is 12.5 Å². The Morgan fingerprint density at radius 2 is 2.35 bits per heavy atom. The van der Waals surface area contributed by atoms with Crippen molar-refractivity contribution in [2.75, 3.05) is 24.6 Å². The molecule has 1 aliphatic rings. The molecule has 1 aromatic carbocycles. The quantitative estimate of drug-likeness (QED) is 0.867. The zero-order valence-electron chi connectivity index (χ0n) is 9.65. The van der Waals surface area contributed by atoms with E-state index in [4.69, 9.17) is 22.1 Å². The summed E-state index contributed by atoms with van der Waals surface area (Å²) < 4.78 is 5.31. The molecule has 4 nitrogen and oxygen atoms in total. The van der Waals surface area contributed by atoms with E-state index in [1.807, 2.05) is 19.1 Å². The summed E-state index contributed by atoms with van der Waals surface area (Å²) in [5.41, 5.74) is 7.35. The molecule has 1 heterocycles. The molecule has 17 heavy (non-hydrogen) atoms. The van der Waals surface area contributed by atoms with Crippen molar-refractivity contribution in [2.24, 2.45) is 5.73 Å². The maximum absolute atomic E-state index is 12.1. The van der Waals surface area contributed by atoms with Crippen LogP contribution in [-0.4, -0.2) is 31.7 Å². The second-order valence-corrected chi connectivity index (χ2v) is 4.45. The van der Waals surface area contributed by atoms with Gasteiger partial charge in [-0.25, -0.2) is 0 Å². The summed E-state index contributed by atoms with van der Waals surface area (Å²) in [6, 6.07) is 5.48. The van der Waals surface area contributed by atoms with E-state index in [0.29, 0.717) is 18.2 Å². The average Bonchev–Trinajstić information content (AvgIpc) is 2.30. The Morgan fingerprint density at radius 1 is 1.59 bits per heavy atom. The second kappa shape index (κ2) is 5.04. The summed E-state index contributed by atoms with van der Waals surface area (Å²) in [6.07, 6.45) is -0.529. The molecule has 0 bridgehead atoms. The van der Waals surface area contributed by atoms with Crippen molar-refractivity contribution in [3.8, 4) is 0 Å². The number of hydrogen-bond donors (Lipinski definition) is 1. The summed E-state index contributed by atoms with van der Waals surface area (Å²) in [6.45, 7) is 3.21. The van der Waals surface area contributed by atoms with Crippen molar-refractivity contribution < 1.29 is 9.53 Å². The van der Waals surface area contributed by atoms with Gasteiger partial charge in [-0.15, -0.1) is 0 Å². The van der Waals surface area contributed by atoms with Crippen molar-refractivity contribution in [3.63, 3.8) is 0 Å². The number of nitrogens with zero attached hydrogens (tertiary/aromatic N) is 1. The van der Waals surface area contributed by atoms with Crippen molar-refractivity contribution in [3.05, 3.63) is 28.8 Å². The number of rotatable bonds is 2. The summed E-state index contributed by atoms with van der Waals surface area (Å²) in [4.78, 5) is 13.8. The molecule has 1 aliphatic heterocycles. The molecule has 1 amide bonds. The first-order chi connectivity index (χ1) is 8.13. The molecule has 2 N–H and O–H groups in total. The van der Waals surface area contributed by atoms with Gasteiger partial charge in [0, 0.05) is 23.8 Å². The number of aryl methyl sites for hydroxylation is 1. The topological polar surface area (TPSA) is 55.6 Å². The van der Waals surface area contributed by atoms with Crippen LogP contribution < -0.4 is 10.6 Å². The lowest BCUT2D eigenvalue weighted by atomic mass is 10.1. The monoisotopic (exact) mass is 254 g/mol. The van der Waals surface area contributed by atoms with E-state index in [1.54, 1.807) is 11.0 Å². The Kier molecular flexibility index (Phi) is 3.66. The van der Waals surface area contributed by atoms with Crippen LogP contribution in [0.15, 0.2) is 18.2 Å². The van der Waals surface area contributed by atoms with E-state index in [9.17, 15) is 4.79 Å². The van der Waals surface area contributed by atoms with Gasteiger partial charge in [0.2, 0.25) is 0 Å². The van der Waals surface area contributed by atoms with E-state index in [0.717, 1.165) is 11.3 Å². The number of halogens is 1. The van der Waals surface area contributed by atoms with Crippen molar-refractivity contribution in [2.45, 2.75) is 13.0 Å². The fourth-order valence-corrected chi connectivity index (χ4v) is 2.20. The van der Waals surface area contributed by atoms with Crippen LogP contribution >= 0.6 is 11.6 Å². The minimum Gasteiger partial charge on any atom is -0.365 e. The van der Waals surface area contributed by atoms with Crippen LogP contribution in [0.2, 0.25) is 5.02 Å². The average molecular weight is 255 g/mol. The Labute approximate surface area is 105 Å². The number of benzene rings is 1. The third-order valence-corrected chi connectivity index (χ3v) is 3.07. The molecule has 2 rings (SSSR count). The lowest BCUT2D eigenvalue weighted by molar-refractivity contribution is -0.133. The molecular formula is C12H15ClN2O2. The van der Waals surface area contributed by atoms with Crippen LogP contribution in [0.4, 0.5) is 5.69 Å². The fraction of sp³-hybridized carbons (Fsp3) is 0.417. The van der Waals surface area contributed by atoms with E-state index >= 15 is 0 Å². The number of nitrogens with two attached hydrogens (primary N) is 1. The fourth-order valence-electron chi connectivity index (χ4n) is 1.97. The van der Waals surface area contributed by atoms with Gasteiger partial charge in [-0.3, -0.25) is 4.79 Å². The third kappa shape index (κ3) is 2.44. The summed E-state index contributed by atoms with van der Waals surface area (Å²) in [7, 11) is 0. The highest BCUT2D eigenvalue weighted by molar-refractivity contribution is 6.30. The van der Waals surface area contributed by atoms with Gasteiger partial charge in [0.15, 0.2) is 0 Å². The van der Waals surface area contributed by atoms with Gasteiger partial charge in [-0.05, 0) is 30.7 Å². The molecule has 5 heteroatoms. The van der Waals surface area contributed by atoms with Crippen LogP contribution in [0.1, 0.15) is 5.56 Å². The summed E-state index contributed by atoms with van der Waals surface area (Å²) >= 11 is 5.90. The Bertz CT molecular complexity index is 437. The normalized spacial score (nSPS) is 20.8. The SMILES string of the molecule is Cc1cc(Cl)ccc1N1CCOC(CN)C1=O. The first-order valence-electron chi connectivity index (χ1n) is 5.52. The van der Waals surface area contributed by atoms with Gasteiger partial charge in [-0.1, -0.05) is 11.6 Å². The van der Waals surface area contributed by atoms with Crippen LogP contribution in [0.5, 0.6) is 0 Å². The Hall–Kier alpha value is -1.10. The highest BCUT2D eigenvalue weighted by atomic mass is 35.5. The maximum Gasteiger partial charge on any atom is 0.257 e. The molecule has 1 fully saturated rings. The molecule has 0 spiro atoms. The molecule has 92 valence electrons. The number of ether oxygens (including phenoxy) is 1. The van der Waals surface area contributed by atoms with E-state index in [1.165, 1.54) is 0 Å². The molecule has 1 aromatic rings. The van der Waals surface area contributed by atoms with Gasteiger partial charge < -0.3 is 15.4 Å². The second-order valence-electron chi connectivity index (χ2n) is 4.02. The minimum absolute atomic E-state index is 0.0795. The number of carbonyl (C=O) groups is 1. The zero-order chi connectivity index (χ0) is 12.4. The highest BCUT2D eigenvalue weighted by Crippen LogP contribution is 2.25. The van der Waals surface area contributed by atoms with Crippen molar-refractivity contribution in [1.29, 1.82) is 0 Å². The summed E-state index contributed by atoms with van der Waals surface area (Å²) in [5.74, 6) is -0.0795. The van der Waals surface area contributed by atoms with Crippen LogP contribution in [0.3, 0.4) is 0 Å². The molecule has 1 saturated heterocycles. The van der Waals surface area contributed by atoms with Gasteiger partial charge in [0.05, 0.1) is 6.61 Å².